The number of rotatable bonds is 4. The molecule has 0 spiro atoms. The number of hydrogen-bond acceptors (Lipinski definition) is 5. The van der Waals surface area contributed by atoms with Gasteiger partial charge < -0.3 is 4.74 Å². The molecule has 0 aliphatic carbocycles. The van der Waals surface area contributed by atoms with Gasteiger partial charge in [-0.2, -0.15) is 13.5 Å². The lowest BCUT2D eigenvalue weighted by Crippen LogP contribution is -2.18. The van der Waals surface area contributed by atoms with Gasteiger partial charge >= 0.3 is 10.3 Å². The predicted octanol–water partition coefficient (Wildman–Crippen LogP) is 0.0342. The highest BCUT2D eigenvalue weighted by Gasteiger charge is 2.22. The first-order valence-electron chi connectivity index (χ1n) is 5.73. The first-order valence-corrected chi connectivity index (χ1v) is 7.20. The molecule has 0 saturated carbocycles. The lowest BCUT2D eigenvalue weighted by atomic mass is 9.94. The van der Waals surface area contributed by atoms with Gasteiger partial charge in [0.1, 0.15) is 0 Å². The van der Waals surface area contributed by atoms with Crippen LogP contribution in [0, 0.1) is 0 Å². The van der Waals surface area contributed by atoms with Crippen molar-refractivity contribution in [3.05, 3.63) is 17.5 Å². The quantitative estimate of drug-likeness (QED) is 0.836. The maximum atomic E-state index is 10.8. The molecular weight excluding hydrogens is 258 g/mol. The number of nitrogens with zero attached hydrogens (tertiary/aromatic N) is 2. The molecule has 0 aromatic carbocycles. The van der Waals surface area contributed by atoms with Crippen LogP contribution in [0.5, 0.6) is 0 Å². The Morgan fingerprint density at radius 2 is 2.22 bits per heavy atom. The van der Waals surface area contributed by atoms with Crippen molar-refractivity contribution in [3.63, 3.8) is 0 Å². The van der Waals surface area contributed by atoms with Gasteiger partial charge in [0, 0.05) is 37.9 Å². The zero-order valence-electron chi connectivity index (χ0n) is 10.2. The molecule has 2 heterocycles. The summed E-state index contributed by atoms with van der Waals surface area (Å²) in [6.45, 7) is 1.34. The van der Waals surface area contributed by atoms with Gasteiger partial charge in [-0.1, -0.05) is 0 Å². The molecule has 1 aromatic heterocycles. The fraction of sp³-hybridized carbons (Fsp3) is 0.700. The van der Waals surface area contributed by atoms with Crippen molar-refractivity contribution < 1.29 is 17.3 Å². The lowest BCUT2D eigenvalue weighted by Gasteiger charge is -2.21. The average molecular weight is 275 g/mol. The molecule has 1 aliphatic heterocycles. The van der Waals surface area contributed by atoms with E-state index in [2.05, 4.69) is 9.28 Å². The number of ether oxygens (including phenoxy) is 1. The highest BCUT2D eigenvalue weighted by molar-refractivity contribution is 7.84. The van der Waals surface area contributed by atoms with E-state index in [1.165, 1.54) is 0 Å². The summed E-state index contributed by atoms with van der Waals surface area (Å²) in [6.07, 6.45) is 3.54. The smallest absolute Gasteiger partial charge is 0.333 e. The first kappa shape index (κ1) is 13.5. The molecule has 102 valence electrons. The summed E-state index contributed by atoms with van der Waals surface area (Å²) in [4.78, 5) is 0. The van der Waals surface area contributed by atoms with Crippen LogP contribution in [0.1, 0.15) is 30.0 Å². The van der Waals surface area contributed by atoms with Crippen LogP contribution >= 0.6 is 0 Å². The van der Waals surface area contributed by atoms with E-state index < -0.39 is 10.3 Å². The van der Waals surface area contributed by atoms with E-state index in [4.69, 9.17) is 9.88 Å². The van der Waals surface area contributed by atoms with Gasteiger partial charge in [-0.3, -0.25) is 8.86 Å². The summed E-state index contributed by atoms with van der Waals surface area (Å²) in [5, 5.41) is 9.20. The Balaban J connectivity index is 2.14. The maximum absolute atomic E-state index is 10.8. The van der Waals surface area contributed by atoms with Crippen molar-refractivity contribution in [2.24, 2.45) is 12.2 Å². The molecule has 0 atom stereocenters. The van der Waals surface area contributed by atoms with E-state index in [1.54, 1.807) is 17.9 Å². The van der Waals surface area contributed by atoms with Gasteiger partial charge in [-0.05, 0) is 12.8 Å². The van der Waals surface area contributed by atoms with Crippen molar-refractivity contribution >= 4 is 10.3 Å². The van der Waals surface area contributed by atoms with Crippen LogP contribution in [-0.2, 0) is 32.9 Å². The van der Waals surface area contributed by atoms with E-state index in [9.17, 15) is 8.42 Å². The van der Waals surface area contributed by atoms with Crippen LogP contribution < -0.4 is 5.14 Å². The number of hydrogen-bond donors (Lipinski definition) is 1. The Hall–Kier alpha value is -0.960. The molecule has 8 heteroatoms. The fourth-order valence-electron chi connectivity index (χ4n) is 2.13. The molecular formula is C10H17N3O4S. The van der Waals surface area contributed by atoms with Crippen molar-refractivity contribution in [1.29, 1.82) is 0 Å². The summed E-state index contributed by atoms with van der Waals surface area (Å²) < 4.78 is 33.2. The first-order chi connectivity index (χ1) is 8.46. The molecule has 18 heavy (non-hydrogen) atoms. The van der Waals surface area contributed by atoms with Crippen LogP contribution in [0.25, 0.3) is 0 Å². The summed E-state index contributed by atoms with van der Waals surface area (Å²) in [5.74, 6) is 0.291. The molecule has 0 radical (unpaired) electrons. The Morgan fingerprint density at radius 1 is 1.56 bits per heavy atom. The average Bonchev–Trinajstić information content (AvgIpc) is 2.68. The molecule has 7 nitrogen and oxygen atoms in total. The Labute approximate surface area is 106 Å². The predicted molar refractivity (Wildman–Crippen MR) is 63.9 cm³/mol. The minimum absolute atomic E-state index is 0.0701. The molecule has 0 bridgehead atoms. The fourth-order valence-corrected chi connectivity index (χ4v) is 2.42. The van der Waals surface area contributed by atoms with Crippen molar-refractivity contribution in [3.8, 4) is 0 Å². The summed E-state index contributed by atoms with van der Waals surface area (Å²) in [7, 11) is -2.13. The van der Waals surface area contributed by atoms with Crippen molar-refractivity contribution in [2.75, 3.05) is 13.2 Å². The SMILES string of the molecule is Cn1cc(COS(N)(=O)=O)c(C2CCOCC2)n1. The van der Waals surface area contributed by atoms with E-state index in [0.29, 0.717) is 19.1 Å². The van der Waals surface area contributed by atoms with E-state index in [1.807, 2.05) is 0 Å². The van der Waals surface area contributed by atoms with Crippen LogP contribution in [0.2, 0.25) is 0 Å². The monoisotopic (exact) mass is 275 g/mol. The number of aryl methyl sites for hydroxylation is 1. The molecule has 1 saturated heterocycles. The second-order valence-corrected chi connectivity index (χ2v) is 5.58. The van der Waals surface area contributed by atoms with Crippen LogP contribution in [-0.4, -0.2) is 31.4 Å². The number of nitrogens with two attached hydrogens (primary N) is 1. The second-order valence-electron chi connectivity index (χ2n) is 4.35. The van der Waals surface area contributed by atoms with E-state index in [0.717, 1.165) is 24.1 Å². The summed E-state index contributed by atoms with van der Waals surface area (Å²) in [6, 6.07) is 0. The maximum Gasteiger partial charge on any atom is 0.333 e. The summed E-state index contributed by atoms with van der Waals surface area (Å²) >= 11 is 0. The van der Waals surface area contributed by atoms with Crippen LogP contribution in [0.4, 0.5) is 0 Å². The normalized spacial score (nSPS) is 18.1. The van der Waals surface area contributed by atoms with Gasteiger partial charge in [-0.15, -0.1) is 0 Å². The Kier molecular flexibility index (Phi) is 4.00. The highest BCUT2D eigenvalue weighted by atomic mass is 32.2. The highest BCUT2D eigenvalue weighted by Crippen LogP contribution is 2.28. The van der Waals surface area contributed by atoms with Gasteiger partial charge in [0.05, 0.1) is 12.3 Å². The summed E-state index contributed by atoms with van der Waals surface area (Å²) in [5.41, 5.74) is 1.64. The Morgan fingerprint density at radius 3 is 2.83 bits per heavy atom. The molecule has 1 aliphatic rings. The Bertz CT molecular complexity index is 505. The molecule has 0 unspecified atom stereocenters. The second kappa shape index (κ2) is 5.35. The topological polar surface area (TPSA) is 96.4 Å². The molecule has 1 aromatic rings. The molecule has 0 amide bonds. The van der Waals surface area contributed by atoms with Gasteiger partial charge in [0.25, 0.3) is 0 Å². The third-order valence-electron chi connectivity index (χ3n) is 2.92. The minimum atomic E-state index is -3.92. The van der Waals surface area contributed by atoms with Gasteiger partial charge in [-0.25, -0.2) is 5.14 Å². The van der Waals surface area contributed by atoms with E-state index >= 15 is 0 Å². The molecule has 1 fully saturated rings. The van der Waals surface area contributed by atoms with Crippen LogP contribution in [0.3, 0.4) is 0 Å². The standard InChI is InChI=1S/C10H17N3O4S/c1-13-6-9(7-17-18(11,14)15)10(12-13)8-2-4-16-5-3-8/h6,8H,2-5,7H2,1H3,(H2,11,14,15). The zero-order chi connectivity index (χ0) is 13.2. The lowest BCUT2D eigenvalue weighted by molar-refractivity contribution is 0.0840. The third-order valence-corrected chi connectivity index (χ3v) is 3.37. The van der Waals surface area contributed by atoms with E-state index in [-0.39, 0.29) is 6.61 Å². The van der Waals surface area contributed by atoms with Gasteiger partial charge in [0.2, 0.25) is 0 Å². The largest absolute Gasteiger partial charge is 0.381 e. The third kappa shape index (κ3) is 3.52. The van der Waals surface area contributed by atoms with Crippen LogP contribution in [0.15, 0.2) is 6.20 Å². The van der Waals surface area contributed by atoms with Gasteiger partial charge in [0.15, 0.2) is 0 Å². The zero-order valence-corrected chi connectivity index (χ0v) is 11.0. The molecule has 2 rings (SSSR count). The molecule has 2 N–H and O–H groups in total. The van der Waals surface area contributed by atoms with Crippen molar-refractivity contribution in [2.45, 2.75) is 25.4 Å². The number of aromatic nitrogens is 2. The van der Waals surface area contributed by atoms with Crippen molar-refractivity contribution in [1.82, 2.24) is 9.78 Å². The minimum Gasteiger partial charge on any atom is -0.381 e.